The number of hydrogen-bond donors (Lipinski definition) is 1. The molecule has 1 aromatic rings. The van der Waals surface area contributed by atoms with E-state index in [1.807, 2.05) is 13.1 Å². The van der Waals surface area contributed by atoms with Gasteiger partial charge in [-0.15, -0.1) is 0 Å². The summed E-state index contributed by atoms with van der Waals surface area (Å²) in [6.07, 6.45) is 1.54. The quantitative estimate of drug-likeness (QED) is 0.826. The number of rotatable bonds is 5. The molecule has 0 aliphatic carbocycles. The summed E-state index contributed by atoms with van der Waals surface area (Å²) in [4.78, 5) is 16.7. The molecule has 4 nitrogen and oxygen atoms in total. The molecule has 1 N–H and O–H groups in total. The van der Waals surface area contributed by atoms with E-state index in [2.05, 4.69) is 23.7 Å². The second-order valence-corrected chi connectivity index (χ2v) is 4.45. The number of hydrogen-bond acceptors (Lipinski definition) is 3. The van der Waals surface area contributed by atoms with Gasteiger partial charge in [0, 0.05) is 19.3 Å². The van der Waals surface area contributed by atoms with E-state index in [4.69, 9.17) is 5.11 Å². The molecule has 1 rings (SSSR count). The Labute approximate surface area is 95.9 Å². The fraction of sp³-hybridized carbons (Fsp3) is 0.500. The minimum atomic E-state index is -0.978. The summed E-state index contributed by atoms with van der Waals surface area (Å²) in [5.74, 6) is -0.376. The van der Waals surface area contributed by atoms with E-state index in [-0.39, 0.29) is 5.69 Å². The zero-order valence-electron chi connectivity index (χ0n) is 9.97. The van der Waals surface area contributed by atoms with Crippen molar-refractivity contribution in [2.45, 2.75) is 20.4 Å². The Morgan fingerprint density at radius 2 is 2.25 bits per heavy atom. The maximum absolute atomic E-state index is 10.7. The van der Waals surface area contributed by atoms with Gasteiger partial charge in [0.25, 0.3) is 0 Å². The van der Waals surface area contributed by atoms with Gasteiger partial charge < -0.3 is 10.0 Å². The van der Waals surface area contributed by atoms with Crippen molar-refractivity contribution < 1.29 is 9.90 Å². The largest absolute Gasteiger partial charge is 0.477 e. The minimum Gasteiger partial charge on any atom is -0.477 e. The first-order valence-corrected chi connectivity index (χ1v) is 5.36. The molecule has 0 unspecified atom stereocenters. The number of aromatic carboxylic acids is 1. The third kappa shape index (κ3) is 3.98. The van der Waals surface area contributed by atoms with Gasteiger partial charge in [0.05, 0.1) is 0 Å². The van der Waals surface area contributed by atoms with Gasteiger partial charge in [0.2, 0.25) is 0 Å². The monoisotopic (exact) mass is 222 g/mol. The normalized spacial score (nSPS) is 11.1. The fourth-order valence-electron chi connectivity index (χ4n) is 1.69. The van der Waals surface area contributed by atoms with Gasteiger partial charge in [0.15, 0.2) is 0 Å². The lowest BCUT2D eigenvalue weighted by Crippen LogP contribution is -2.22. The van der Waals surface area contributed by atoms with Crippen LogP contribution >= 0.6 is 0 Å². The van der Waals surface area contributed by atoms with E-state index < -0.39 is 5.97 Å². The molecule has 0 fully saturated rings. The van der Waals surface area contributed by atoms with Crippen LogP contribution in [0, 0.1) is 5.92 Å². The molecular formula is C12H18N2O2. The van der Waals surface area contributed by atoms with Gasteiger partial charge in [-0.1, -0.05) is 13.8 Å². The molecule has 1 aromatic heterocycles. The second-order valence-electron chi connectivity index (χ2n) is 4.45. The number of aromatic nitrogens is 1. The molecule has 16 heavy (non-hydrogen) atoms. The fourth-order valence-corrected chi connectivity index (χ4v) is 1.69. The number of carbonyl (C=O) groups is 1. The third-order valence-electron chi connectivity index (χ3n) is 2.17. The predicted octanol–water partition coefficient (Wildman–Crippen LogP) is 1.87. The highest BCUT2D eigenvalue weighted by molar-refractivity contribution is 5.85. The Bertz CT molecular complexity index is 364. The molecule has 88 valence electrons. The van der Waals surface area contributed by atoms with Crippen LogP contribution in [0.15, 0.2) is 18.3 Å². The smallest absolute Gasteiger partial charge is 0.354 e. The first-order chi connectivity index (χ1) is 7.49. The Kier molecular flexibility index (Phi) is 4.43. The summed E-state index contributed by atoms with van der Waals surface area (Å²) in [6.45, 7) is 6.06. The topological polar surface area (TPSA) is 53.4 Å². The predicted molar refractivity (Wildman–Crippen MR) is 62.4 cm³/mol. The minimum absolute atomic E-state index is 0.107. The van der Waals surface area contributed by atoms with Crippen LogP contribution in [0.1, 0.15) is 29.9 Å². The molecule has 0 bridgehead atoms. The van der Waals surface area contributed by atoms with Crippen molar-refractivity contribution in [1.82, 2.24) is 9.88 Å². The number of carboxylic acids is 1. The van der Waals surface area contributed by atoms with Crippen molar-refractivity contribution in [3.8, 4) is 0 Å². The average molecular weight is 222 g/mol. The third-order valence-corrected chi connectivity index (χ3v) is 2.17. The van der Waals surface area contributed by atoms with E-state index >= 15 is 0 Å². The lowest BCUT2D eigenvalue weighted by Gasteiger charge is -2.18. The van der Waals surface area contributed by atoms with Crippen LogP contribution in [-0.4, -0.2) is 34.6 Å². The second kappa shape index (κ2) is 5.61. The van der Waals surface area contributed by atoms with Gasteiger partial charge in [0.1, 0.15) is 5.69 Å². The molecule has 0 saturated carbocycles. The van der Waals surface area contributed by atoms with Gasteiger partial charge in [-0.05, 0) is 30.7 Å². The van der Waals surface area contributed by atoms with Crippen molar-refractivity contribution in [3.63, 3.8) is 0 Å². The first-order valence-electron chi connectivity index (χ1n) is 5.36. The molecule has 0 aliphatic rings. The lowest BCUT2D eigenvalue weighted by molar-refractivity contribution is 0.0690. The average Bonchev–Trinajstić information content (AvgIpc) is 2.16. The summed E-state index contributed by atoms with van der Waals surface area (Å²) in [5, 5.41) is 8.81. The zero-order valence-corrected chi connectivity index (χ0v) is 9.97. The van der Waals surface area contributed by atoms with Crippen LogP contribution in [0.3, 0.4) is 0 Å². The van der Waals surface area contributed by atoms with Gasteiger partial charge in [-0.2, -0.15) is 0 Å². The highest BCUT2D eigenvalue weighted by atomic mass is 16.4. The summed E-state index contributed by atoms with van der Waals surface area (Å²) in [7, 11) is 2.03. The highest BCUT2D eigenvalue weighted by Gasteiger charge is 2.07. The van der Waals surface area contributed by atoms with Crippen LogP contribution in [0.25, 0.3) is 0 Å². The summed E-state index contributed by atoms with van der Waals surface area (Å²) in [5.41, 5.74) is 1.09. The van der Waals surface area contributed by atoms with E-state index in [0.717, 1.165) is 18.7 Å². The molecule has 0 aromatic carbocycles. The van der Waals surface area contributed by atoms with E-state index in [1.165, 1.54) is 0 Å². The number of pyridine rings is 1. The van der Waals surface area contributed by atoms with Crippen LogP contribution in [0.5, 0.6) is 0 Å². The standard InChI is InChI=1S/C12H18N2O2/c1-9(2)7-14(3)8-10-4-5-13-11(6-10)12(15)16/h4-6,9H,7-8H2,1-3H3,(H,15,16). The summed E-state index contributed by atoms with van der Waals surface area (Å²) in [6, 6.07) is 3.47. The van der Waals surface area contributed by atoms with E-state index in [0.29, 0.717) is 5.92 Å². The van der Waals surface area contributed by atoms with E-state index in [1.54, 1.807) is 12.3 Å². The number of nitrogens with zero attached hydrogens (tertiary/aromatic N) is 2. The molecule has 0 aliphatic heterocycles. The molecule has 0 amide bonds. The van der Waals surface area contributed by atoms with Crippen molar-refractivity contribution in [2.24, 2.45) is 5.92 Å². The first kappa shape index (κ1) is 12.6. The maximum atomic E-state index is 10.7. The Balaban J connectivity index is 2.66. The van der Waals surface area contributed by atoms with Crippen LogP contribution in [0.4, 0.5) is 0 Å². The zero-order chi connectivity index (χ0) is 12.1. The Morgan fingerprint density at radius 1 is 1.56 bits per heavy atom. The molecule has 4 heteroatoms. The van der Waals surface area contributed by atoms with Crippen LogP contribution < -0.4 is 0 Å². The Hall–Kier alpha value is -1.42. The van der Waals surface area contributed by atoms with Gasteiger partial charge >= 0.3 is 5.97 Å². The molecule has 0 spiro atoms. The van der Waals surface area contributed by atoms with Crippen molar-refractivity contribution in [2.75, 3.05) is 13.6 Å². The molecule has 0 atom stereocenters. The highest BCUT2D eigenvalue weighted by Crippen LogP contribution is 2.06. The number of carboxylic acid groups (broad SMARTS) is 1. The van der Waals surface area contributed by atoms with Crippen molar-refractivity contribution >= 4 is 5.97 Å². The summed E-state index contributed by atoms with van der Waals surface area (Å²) < 4.78 is 0. The van der Waals surface area contributed by atoms with Gasteiger partial charge in [-0.3, -0.25) is 0 Å². The molecule has 0 radical (unpaired) electrons. The summed E-state index contributed by atoms with van der Waals surface area (Å²) >= 11 is 0. The van der Waals surface area contributed by atoms with Gasteiger partial charge in [-0.25, -0.2) is 9.78 Å². The molecular weight excluding hydrogens is 204 g/mol. The molecule has 0 saturated heterocycles. The lowest BCUT2D eigenvalue weighted by atomic mass is 10.2. The molecule has 1 heterocycles. The van der Waals surface area contributed by atoms with Crippen LogP contribution in [-0.2, 0) is 6.54 Å². The SMILES string of the molecule is CC(C)CN(C)Cc1ccnc(C(=O)O)c1. The van der Waals surface area contributed by atoms with Crippen LogP contribution in [0.2, 0.25) is 0 Å². The maximum Gasteiger partial charge on any atom is 0.354 e. The Morgan fingerprint density at radius 3 is 2.81 bits per heavy atom. The van der Waals surface area contributed by atoms with Crippen molar-refractivity contribution in [3.05, 3.63) is 29.6 Å². The van der Waals surface area contributed by atoms with E-state index in [9.17, 15) is 4.79 Å². The van der Waals surface area contributed by atoms with Crippen molar-refractivity contribution in [1.29, 1.82) is 0 Å².